The summed E-state index contributed by atoms with van der Waals surface area (Å²) in [5.41, 5.74) is 2.42. The van der Waals surface area contributed by atoms with Gasteiger partial charge in [0.25, 0.3) is 17.7 Å². The number of imide groups is 1. The highest BCUT2D eigenvalue weighted by Crippen LogP contribution is 2.39. The number of ether oxygens (including phenoxy) is 1. The van der Waals surface area contributed by atoms with Crippen LogP contribution in [0.3, 0.4) is 0 Å². The van der Waals surface area contributed by atoms with E-state index in [1.54, 1.807) is 24.3 Å². The number of hydrogen-bond donors (Lipinski definition) is 2. The van der Waals surface area contributed by atoms with Crippen molar-refractivity contribution in [2.24, 2.45) is 0 Å². The highest BCUT2D eigenvalue weighted by atomic mass is 32.1. The van der Waals surface area contributed by atoms with Crippen molar-refractivity contribution in [3.63, 3.8) is 0 Å². The summed E-state index contributed by atoms with van der Waals surface area (Å²) in [7, 11) is 0. The second-order valence-corrected chi connectivity index (χ2v) is 9.97. The van der Waals surface area contributed by atoms with E-state index in [4.69, 9.17) is 4.74 Å². The van der Waals surface area contributed by atoms with E-state index in [0.29, 0.717) is 34.7 Å². The maximum Gasteiger partial charge on any atom is 0.261 e. The summed E-state index contributed by atoms with van der Waals surface area (Å²) in [5, 5.41) is 6.48. The highest BCUT2D eigenvalue weighted by Gasteiger charge is 2.34. The van der Waals surface area contributed by atoms with Crippen LogP contribution in [0.2, 0.25) is 0 Å². The van der Waals surface area contributed by atoms with E-state index < -0.39 is 0 Å². The van der Waals surface area contributed by atoms with Gasteiger partial charge in [-0.05, 0) is 56.2 Å². The van der Waals surface area contributed by atoms with E-state index in [1.807, 2.05) is 0 Å². The molecule has 8 nitrogen and oxygen atoms in total. The van der Waals surface area contributed by atoms with E-state index in [9.17, 15) is 19.2 Å². The van der Waals surface area contributed by atoms with Crippen molar-refractivity contribution >= 4 is 40.0 Å². The molecule has 186 valence electrons. The van der Waals surface area contributed by atoms with Crippen molar-refractivity contribution in [2.45, 2.75) is 58.5 Å². The Morgan fingerprint density at radius 1 is 1.09 bits per heavy atom. The minimum atomic E-state index is -0.319. The average Bonchev–Trinajstić information content (AvgIpc) is 3.60. The first-order chi connectivity index (χ1) is 16.5. The standard InChI is InChI=1S/C25H27N3O5S.CH4/c29-20(11-4-12-28-24(31)16-7-1-2-8-17(16)25(28)32)27-23-21(18-9-3-10-19(18)34-23)22(30)26-14-15-6-5-13-33-15;/h1-2,7-8,15H,3-6,9-14H2,(H,26,30)(H,27,29);1H4. The smallest absolute Gasteiger partial charge is 0.261 e. The fourth-order valence-corrected chi connectivity index (χ4v) is 6.16. The number of benzene rings is 1. The molecule has 1 aliphatic carbocycles. The third-order valence-corrected chi connectivity index (χ3v) is 7.79. The normalized spacial score (nSPS) is 18.3. The zero-order valence-corrected chi connectivity index (χ0v) is 19.7. The Balaban J connectivity index is 0.00000289. The number of rotatable bonds is 8. The Labute approximate surface area is 209 Å². The van der Waals surface area contributed by atoms with Gasteiger partial charge in [-0.15, -0.1) is 11.3 Å². The molecule has 1 unspecified atom stereocenters. The van der Waals surface area contributed by atoms with E-state index >= 15 is 0 Å². The molecule has 9 heteroatoms. The number of thiophene rings is 1. The number of carbonyl (C=O) groups excluding carboxylic acids is 4. The first-order valence-corrected chi connectivity index (χ1v) is 12.6. The summed E-state index contributed by atoms with van der Waals surface area (Å²) in [6, 6.07) is 6.75. The third kappa shape index (κ3) is 5.01. The number of amides is 4. The van der Waals surface area contributed by atoms with Crippen molar-refractivity contribution < 1.29 is 23.9 Å². The van der Waals surface area contributed by atoms with Gasteiger partial charge in [0.05, 0.1) is 22.8 Å². The minimum absolute atomic E-state index is 0. The van der Waals surface area contributed by atoms with Crippen molar-refractivity contribution in [3.05, 3.63) is 51.4 Å². The van der Waals surface area contributed by atoms with Gasteiger partial charge in [-0.25, -0.2) is 0 Å². The summed E-state index contributed by atoms with van der Waals surface area (Å²) in [6.45, 7) is 1.38. The average molecular weight is 498 g/mol. The molecule has 0 saturated carbocycles. The second kappa shape index (κ2) is 10.7. The van der Waals surface area contributed by atoms with Gasteiger partial charge in [0.15, 0.2) is 0 Å². The van der Waals surface area contributed by atoms with Crippen LogP contribution in [-0.4, -0.2) is 54.3 Å². The van der Waals surface area contributed by atoms with Crippen molar-refractivity contribution in [2.75, 3.05) is 25.0 Å². The Morgan fingerprint density at radius 2 is 1.83 bits per heavy atom. The number of carbonyl (C=O) groups is 4. The van der Waals surface area contributed by atoms with Crippen LogP contribution in [0.5, 0.6) is 0 Å². The summed E-state index contributed by atoms with van der Waals surface area (Å²) in [6.07, 6.45) is 5.27. The summed E-state index contributed by atoms with van der Waals surface area (Å²) in [5.74, 6) is -1.04. The molecule has 5 rings (SSSR count). The van der Waals surface area contributed by atoms with Gasteiger partial charge in [0, 0.05) is 31.0 Å². The number of fused-ring (bicyclic) bond motifs is 2. The van der Waals surface area contributed by atoms with E-state index in [-0.39, 0.29) is 50.1 Å². The number of hydrogen-bond acceptors (Lipinski definition) is 6. The Bertz CT molecular complexity index is 1120. The van der Waals surface area contributed by atoms with Crippen molar-refractivity contribution in [1.82, 2.24) is 10.2 Å². The number of anilines is 1. The van der Waals surface area contributed by atoms with Crippen LogP contribution >= 0.6 is 11.3 Å². The molecule has 0 radical (unpaired) electrons. The lowest BCUT2D eigenvalue weighted by Gasteiger charge is -2.14. The van der Waals surface area contributed by atoms with Gasteiger partial charge in [-0.3, -0.25) is 24.1 Å². The molecule has 1 saturated heterocycles. The monoisotopic (exact) mass is 497 g/mol. The Morgan fingerprint density at radius 3 is 2.51 bits per heavy atom. The summed E-state index contributed by atoms with van der Waals surface area (Å²) in [4.78, 5) is 53.0. The SMILES string of the molecule is C.O=C(CCCN1C(=O)c2ccccc2C1=O)Nc1sc2c(c1C(=O)NCC1CCCO1)CCC2. The Hall–Kier alpha value is -3.04. The summed E-state index contributed by atoms with van der Waals surface area (Å²) < 4.78 is 5.60. The molecule has 2 aliphatic heterocycles. The Kier molecular flexibility index (Phi) is 7.66. The molecular formula is C26H31N3O5S. The molecule has 0 bridgehead atoms. The first kappa shape index (κ1) is 25.1. The number of aryl methyl sites for hydroxylation is 1. The predicted molar refractivity (Wildman–Crippen MR) is 134 cm³/mol. The maximum atomic E-state index is 13.0. The molecule has 3 heterocycles. The summed E-state index contributed by atoms with van der Waals surface area (Å²) >= 11 is 1.47. The zero-order chi connectivity index (χ0) is 23.7. The molecule has 1 atom stereocenters. The van der Waals surface area contributed by atoms with Crippen molar-refractivity contribution in [1.29, 1.82) is 0 Å². The largest absolute Gasteiger partial charge is 0.376 e. The van der Waals surface area contributed by atoms with Gasteiger partial charge in [-0.2, -0.15) is 0 Å². The third-order valence-electron chi connectivity index (χ3n) is 6.58. The molecule has 1 aromatic heterocycles. The van der Waals surface area contributed by atoms with Crippen LogP contribution in [0, 0.1) is 0 Å². The first-order valence-electron chi connectivity index (χ1n) is 11.8. The van der Waals surface area contributed by atoms with Crippen LogP contribution in [0.1, 0.15) is 81.0 Å². The van der Waals surface area contributed by atoms with E-state index in [0.717, 1.165) is 49.2 Å². The van der Waals surface area contributed by atoms with Gasteiger partial charge in [0.2, 0.25) is 5.91 Å². The molecular weight excluding hydrogens is 466 g/mol. The molecule has 1 aromatic carbocycles. The molecule has 4 amide bonds. The van der Waals surface area contributed by atoms with Gasteiger partial charge in [0.1, 0.15) is 5.00 Å². The number of nitrogens with one attached hydrogen (secondary N) is 2. The molecule has 2 N–H and O–H groups in total. The van der Waals surface area contributed by atoms with Crippen LogP contribution in [0.4, 0.5) is 5.00 Å². The molecule has 2 aromatic rings. The molecule has 3 aliphatic rings. The van der Waals surface area contributed by atoms with Crippen LogP contribution in [0.25, 0.3) is 0 Å². The zero-order valence-electron chi connectivity index (χ0n) is 18.9. The fraction of sp³-hybridized carbons (Fsp3) is 0.462. The highest BCUT2D eigenvalue weighted by molar-refractivity contribution is 7.17. The van der Waals surface area contributed by atoms with E-state index in [1.165, 1.54) is 16.2 Å². The molecule has 0 spiro atoms. The quantitative estimate of drug-likeness (QED) is 0.540. The topological polar surface area (TPSA) is 105 Å². The van der Waals surface area contributed by atoms with Gasteiger partial charge < -0.3 is 15.4 Å². The van der Waals surface area contributed by atoms with Crippen LogP contribution in [0.15, 0.2) is 24.3 Å². The lowest BCUT2D eigenvalue weighted by molar-refractivity contribution is -0.116. The number of nitrogens with zero attached hydrogens (tertiary/aromatic N) is 1. The predicted octanol–water partition coefficient (Wildman–Crippen LogP) is 3.80. The van der Waals surface area contributed by atoms with Gasteiger partial charge in [-0.1, -0.05) is 19.6 Å². The molecule has 1 fully saturated rings. The van der Waals surface area contributed by atoms with Gasteiger partial charge >= 0.3 is 0 Å². The van der Waals surface area contributed by atoms with Crippen LogP contribution < -0.4 is 10.6 Å². The fourth-order valence-electron chi connectivity index (χ4n) is 4.86. The van der Waals surface area contributed by atoms with Crippen LogP contribution in [-0.2, 0) is 22.4 Å². The molecule has 35 heavy (non-hydrogen) atoms. The second-order valence-electron chi connectivity index (χ2n) is 8.87. The van der Waals surface area contributed by atoms with E-state index in [2.05, 4.69) is 10.6 Å². The lowest BCUT2D eigenvalue weighted by atomic mass is 10.1. The minimum Gasteiger partial charge on any atom is -0.376 e. The van der Waals surface area contributed by atoms with Crippen molar-refractivity contribution in [3.8, 4) is 0 Å². The maximum absolute atomic E-state index is 13.0. The lowest BCUT2D eigenvalue weighted by Crippen LogP contribution is -2.32.